The second kappa shape index (κ2) is 7.17. The van der Waals surface area contributed by atoms with E-state index in [0.29, 0.717) is 0 Å². The largest absolute Gasteiger partial charge is 0.497 e. The Kier molecular flexibility index (Phi) is 5.26. The van der Waals surface area contributed by atoms with Crippen LogP contribution in [0.3, 0.4) is 0 Å². The molecule has 0 radical (unpaired) electrons. The fourth-order valence-corrected chi connectivity index (χ4v) is 3.46. The Bertz CT molecular complexity index is 617. The van der Waals surface area contributed by atoms with Crippen LogP contribution >= 0.6 is 23.1 Å². The molecule has 1 heterocycles. The maximum absolute atomic E-state index is 10.5. The Hall–Kier alpha value is -1.72. The van der Waals surface area contributed by atoms with Crippen LogP contribution in [0.5, 0.6) is 5.75 Å². The number of benzene rings is 1. The number of methoxy groups -OCH3 is 1. The van der Waals surface area contributed by atoms with Gasteiger partial charge in [0.2, 0.25) is 0 Å². The van der Waals surface area contributed by atoms with Crippen molar-refractivity contribution in [1.82, 2.24) is 0 Å². The first-order chi connectivity index (χ1) is 9.67. The minimum absolute atomic E-state index is 0.853. The number of carboxylic acids is 1. The molecule has 1 aromatic heterocycles. The molecule has 3 nitrogen and oxygen atoms in total. The lowest BCUT2D eigenvalue weighted by Crippen LogP contribution is -1.84. The van der Waals surface area contributed by atoms with E-state index in [1.807, 2.05) is 36.4 Å². The summed E-state index contributed by atoms with van der Waals surface area (Å²) < 4.78 is 5.19. The molecule has 0 atom stereocenters. The minimum atomic E-state index is -0.925. The minimum Gasteiger partial charge on any atom is -0.497 e. The predicted octanol–water partition coefficient (Wildman–Crippen LogP) is 4.15. The second-order valence-corrected chi connectivity index (χ2v) is 6.19. The maximum atomic E-state index is 10.5. The molecule has 0 aliphatic rings. The molecule has 0 saturated carbocycles. The summed E-state index contributed by atoms with van der Waals surface area (Å²) in [6.45, 7) is 0. The lowest BCUT2D eigenvalue weighted by Gasteiger charge is -2.03. The van der Waals surface area contributed by atoms with Crippen molar-refractivity contribution < 1.29 is 14.6 Å². The van der Waals surface area contributed by atoms with Gasteiger partial charge in [0.1, 0.15) is 5.75 Å². The number of thiophene rings is 1. The topological polar surface area (TPSA) is 46.5 Å². The Morgan fingerprint density at radius 3 is 3.00 bits per heavy atom. The first-order valence-corrected chi connectivity index (χ1v) is 7.74. The van der Waals surface area contributed by atoms with Crippen LogP contribution in [0.15, 0.2) is 47.4 Å². The molecule has 0 saturated heterocycles. The number of thioether (sulfide) groups is 1. The van der Waals surface area contributed by atoms with E-state index in [-0.39, 0.29) is 0 Å². The summed E-state index contributed by atoms with van der Waals surface area (Å²) in [6, 6.07) is 11.9. The third kappa shape index (κ3) is 4.43. The summed E-state index contributed by atoms with van der Waals surface area (Å²) >= 11 is 3.33. The molecular weight excluding hydrogens is 292 g/mol. The highest BCUT2D eigenvalue weighted by atomic mass is 32.2. The van der Waals surface area contributed by atoms with Gasteiger partial charge in [-0.25, -0.2) is 4.79 Å². The molecule has 0 fully saturated rings. The summed E-state index contributed by atoms with van der Waals surface area (Å²) in [5.41, 5.74) is 0. The van der Waals surface area contributed by atoms with Gasteiger partial charge in [-0.05, 0) is 36.4 Å². The van der Waals surface area contributed by atoms with Gasteiger partial charge in [0.05, 0.1) is 7.11 Å². The number of carbonyl (C=O) groups is 1. The smallest absolute Gasteiger partial charge is 0.328 e. The van der Waals surface area contributed by atoms with Crippen LogP contribution < -0.4 is 4.74 Å². The summed E-state index contributed by atoms with van der Waals surface area (Å²) in [6.07, 6.45) is 2.78. The number of ether oxygens (including phenoxy) is 1. The van der Waals surface area contributed by atoms with E-state index in [1.165, 1.54) is 4.88 Å². The fraction of sp³-hybridized carbons (Fsp3) is 0.133. The van der Waals surface area contributed by atoms with Crippen molar-refractivity contribution in [3.63, 3.8) is 0 Å². The molecule has 1 N–H and O–H groups in total. The number of hydrogen-bond acceptors (Lipinski definition) is 4. The summed E-state index contributed by atoms with van der Waals surface area (Å²) in [4.78, 5) is 13.8. The molecule has 5 heteroatoms. The van der Waals surface area contributed by atoms with Crippen LogP contribution in [-0.4, -0.2) is 18.2 Å². The Morgan fingerprint density at radius 2 is 2.25 bits per heavy atom. The zero-order valence-corrected chi connectivity index (χ0v) is 12.5. The van der Waals surface area contributed by atoms with Gasteiger partial charge in [0.25, 0.3) is 0 Å². The molecule has 0 aliphatic heterocycles. The molecule has 0 bridgehead atoms. The molecule has 2 aromatic rings. The molecule has 20 heavy (non-hydrogen) atoms. The number of rotatable bonds is 6. The van der Waals surface area contributed by atoms with Crippen LogP contribution in [0.2, 0.25) is 0 Å². The van der Waals surface area contributed by atoms with Crippen molar-refractivity contribution in [2.24, 2.45) is 0 Å². The van der Waals surface area contributed by atoms with Gasteiger partial charge < -0.3 is 9.84 Å². The van der Waals surface area contributed by atoms with E-state index in [4.69, 9.17) is 9.84 Å². The molecule has 0 unspecified atom stereocenters. The number of aliphatic carboxylic acids is 1. The SMILES string of the molecule is COc1cccc(SCc2ccc(C=CC(=O)O)s2)c1. The van der Waals surface area contributed by atoms with Crippen LogP contribution in [0.4, 0.5) is 0 Å². The first kappa shape index (κ1) is 14.7. The monoisotopic (exact) mass is 306 g/mol. The van der Waals surface area contributed by atoms with Gasteiger partial charge in [-0.15, -0.1) is 23.1 Å². The van der Waals surface area contributed by atoms with Gasteiger partial charge in [0, 0.05) is 26.5 Å². The molecular formula is C15H14O3S2. The third-order valence-corrected chi connectivity index (χ3v) is 4.77. The molecule has 2 rings (SSSR count). The van der Waals surface area contributed by atoms with E-state index in [0.717, 1.165) is 27.4 Å². The van der Waals surface area contributed by atoms with Gasteiger partial charge in [-0.1, -0.05) is 6.07 Å². The van der Waals surface area contributed by atoms with Crippen molar-refractivity contribution in [2.45, 2.75) is 10.6 Å². The number of hydrogen-bond donors (Lipinski definition) is 1. The quantitative estimate of drug-likeness (QED) is 0.643. The van der Waals surface area contributed by atoms with Crippen LogP contribution in [-0.2, 0) is 10.5 Å². The maximum Gasteiger partial charge on any atom is 0.328 e. The highest BCUT2D eigenvalue weighted by molar-refractivity contribution is 7.98. The lowest BCUT2D eigenvalue weighted by atomic mass is 10.3. The van der Waals surface area contributed by atoms with Gasteiger partial charge in [-0.3, -0.25) is 0 Å². The summed E-state index contributed by atoms with van der Waals surface area (Å²) in [7, 11) is 1.66. The van der Waals surface area contributed by atoms with E-state index in [9.17, 15) is 4.79 Å². The zero-order valence-electron chi connectivity index (χ0n) is 10.9. The first-order valence-electron chi connectivity index (χ1n) is 5.94. The van der Waals surface area contributed by atoms with E-state index < -0.39 is 5.97 Å². The average molecular weight is 306 g/mol. The van der Waals surface area contributed by atoms with Gasteiger partial charge in [-0.2, -0.15) is 0 Å². The zero-order chi connectivity index (χ0) is 14.4. The van der Waals surface area contributed by atoms with Crippen LogP contribution in [0, 0.1) is 0 Å². The van der Waals surface area contributed by atoms with Crippen molar-refractivity contribution in [3.05, 3.63) is 52.2 Å². The molecule has 104 valence electrons. The fourth-order valence-electron chi connectivity index (χ4n) is 1.56. The lowest BCUT2D eigenvalue weighted by molar-refractivity contribution is -0.131. The van der Waals surface area contributed by atoms with Crippen molar-refractivity contribution >= 4 is 35.1 Å². The number of carboxylic acid groups (broad SMARTS) is 1. The van der Waals surface area contributed by atoms with Crippen LogP contribution in [0.1, 0.15) is 9.75 Å². The van der Waals surface area contributed by atoms with E-state index in [2.05, 4.69) is 0 Å². The van der Waals surface area contributed by atoms with Crippen LogP contribution in [0.25, 0.3) is 6.08 Å². The highest BCUT2D eigenvalue weighted by Gasteiger charge is 2.01. The Labute approximate surface area is 125 Å². The van der Waals surface area contributed by atoms with E-state index in [1.54, 1.807) is 36.3 Å². The Morgan fingerprint density at radius 1 is 1.40 bits per heavy atom. The molecule has 0 spiro atoms. The highest BCUT2D eigenvalue weighted by Crippen LogP contribution is 2.29. The second-order valence-electron chi connectivity index (χ2n) is 3.94. The van der Waals surface area contributed by atoms with Crippen molar-refractivity contribution in [3.8, 4) is 5.75 Å². The predicted molar refractivity (Wildman–Crippen MR) is 83.5 cm³/mol. The van der Waals surface area contributed by atoms with Gasteiger partial charge >= 0.3 is 5.97 Å². The Balaban J connectivity index is 1.95. The van der Waals surface area contributed by atoms with Gasteiger partial charge in [0.15, 0.2) is 0 Å². The summed E-state index contributed by atoms with van der Waals surface area (Å²) in [5, 5.41) is 8.58. The average Bonchev–Trinajstić information content (AvgIpc) is 2.91. The standard InChI is InChI=1S/C15H14O3S2/c1-18-11-3-2-4-13(9-11)19-10-14-6-5-12(20-14)7-8-15(16)17/h2-9H,10H2,1H3,(H,16,17). The normalized spacial score (nSPS) is 10.8. The summed E-state index contributed by atoms with van der Waals surface area (Å²) in [5.74, 6) is 0.788. The molecule has 1 aromatic carbocycles. The van der Waals surface area contributed by atoms with Crippen molar-refractivity contribution in [1.29, 1.82) is 0 Å². The van der Waals surface area contributed by atoms with Crippen molar-refractivity contribution in [2.75, 3.05) is 7.11 Å². The molecule has 0 amide bonds. The molecule has 0 aliphatic carbocycles. The third-order valence-electron chi connectivity index (χ3n) is 2.49. The van der Waals surface area contributed by atoms with E-state index >= 15 is 0 Å².